The van der Waals surface area contributed by atoms with Crippen molar-refractivity contribution in [2.24, 2.45) is 5.92 Å². The van der Waals surface area contributed by atoms with Crippen molar-refractivity contribution in [1.29, 1.82) is 0 Å². The molecule has 1 aliphatic rings. The lowest BCUT2D eigenvalue weighted by atomic mass is 9.97. The maximum atomic E-state index is 13.5. The van der Waals surface area contributed by atoms with Gasteiger partial charge in [-0.3, -0.25) is 13.9 Å². The highest BCUT2D eigenvalue weighted by Crippen LogP contribution is 2.27. The molecule has 0 bridgehead atoms. The zero-order valence-electron chi connectivity index (χ0n) is 18.5. The van der Waals surface area contributed by atoms with E-state index in [1.807, 2.05) is 25.3 Å². The van der Waals surface area contributed by atoms with Crippen molar-refractivity contribution in [3.63, 3.8) is 0 Å². The molecule has 1 amide bonds. The number of rotatable bonds is 7. The number of carbonyl (C=O) groups excluding carboxylic acids is 2. The number of hydrogen-bond donors (Lipinski definition) is 0. The van der Waals surface area contributed by atoms with Crippen molar-refractivity contribution in [2.45, 2.75) is 29.6 Å². The number of methoxy groups -OCH3 is 1. The number of likely N-dealkylation sites (tertiary alicyclic amines) is 1. The van der Waals surface area contributed by atoms with Gasteiger partial charge in [-0.1, -0.05) is 17.7 Å². The summed E-state index contributed by atoms with van der Waals surface area (Å²) in [7, 11) is -2.59. The molecule has 0 spiro atoms. The number of ether oxygens (including phenoxy) is 1. The Morgan fingerprint density at radius 3 is 2.19 bits per heavy atom. The molecule has 2 aromatic rings. The second kappa shape index (κ2) is 10.4. The number of anilines is 1. The Hall–Kier alpha value is -2.52. The van der Waals surface area contributed by atoms with Crippen LogP contribution in [0, 0.1) is 12.8 Å². The van der Waals surface area contributed by atoms with Gasteiger partial charge in [-0.05, 0) is 62.4 Å². The van der Waals surface area contributed by atoms with Gasteiger partial charge in [0.15, 0.2) is 0 Å². The summed E-state index contributed by atoms with van der Waals surface area (Å²) in [6, 6.07) is 13.7. The Bertz CT molecular complexity index is 1040. The molecule has 3 rings (SSSR count). The van der Waals surface area contributed by atoms with Crippen LogP contribution in [-0.2, 0) is 24.3 Å². The number of carbonyl (C=O) groups is 2. The number of thioether (sulfide) groups is 1. The Balaban J connectivity index is 1.84. The van der Waals surface area contributed by atoms with Crippen LogP contribution in [0.25, 0.3) is 0 Å². The molecule has 7 nitrogen and oxygen atoms in total. The molecule has 9 heteroatoms. The van der Waals surface area contributed by atoms with E-state index in [1.54, 1.807) is 41.3 Å². The zero-order chi connectivity index (χ0) is 23.3. The Morgan fingerprint density at radius 2 is 1.66 bits per heavy atom. The van der Waals surface area contributed by atoms with Crippen LogP contribution in [0.5, 0.6) is 0 Å². The minimum Gasteiger partial charge on any atom is -0.469 e. The summed E-state index contributed by atoms with van der Waals surface area (Å²) >= 11 is 1.53. The molecule has 0 atom stereocenters. The van der Waals surface area contributed by atoms with E-state index >= 15 is 0 Å². The molecule has 172 valence electrons. The lowest BCUT2D eigenvalue weighted by molar-refractivity contribution is -0.148. The minimum absolute atomic E-state index is 0.132. The number of sulfonamides is 1. The fraction of sp³-hybridized carbons (Fsp3) is 0.391. The number of aryl methyl sites for hydroxylation is 1. The summed E-state index contributed by atoms with van der Waals surface area (Å²) in [5.74, 6) is -0.788. The smallest absolute Gasteiger partial charge is 0.308 e. The number of nitrogens with zero attached hydrogens (tertiary/aromatic N) is 2. The number of piperidine rings is 1. The molecule has 32 heavy (non-hydrogen) atoms. The first-order valence-electron chi connectivity index (χ1n) is 10.4. The number of esters is 1. The van der Waals surface area contributed by atoms with E-state index in [0.717, 1.165) is 14.8 Å². The molecule has 1 aliphatic heterocycles. The van der Waals surface area contributed by atoms with Gasteiger partial charge < -0.3 is 9.64 Å². The first-order valence-corrected chi connectivity index (χ1v) is 13.0. The zero-order valence-corrected chi connectivity index (χ0v) is 20.1. The quantitative estimate of drug-likeness (QED) is 0.450. The molecule has 0 N–H and O–H groups in total. The van der Waals surface area contributed by atoms with Crippen LogP contribution in [0.1, 0.15) is 18.4 Å². The fourth-order valence-corrected chi connectivity index (χ4v) is 5.48. The van der Waals surface area contributed by atoms with E-state index in [-0.39, 0.29) is 29.2 Å². The summed E-state index contributed by atoms with van der Waals surface area (Å²) in [6.45, 7) is 2.39. The summed E-state index contributed by atoms with van der Waals surface area (Å²) < 4.78 is 33.0. The summed E-state index contributed by atoms with van der Waals surface area (Å²) in [6.07, 6.45) is 2.93. The average molecular weight is 477 g/mol. The summed E-state index contributed by atoms with van der Waals surface area (Å²) in [5, 5.41) is 0. The molecule has 1 fully saturated rings. The van der Waals surface area contributed by atoms with Crippen molar-refractivity contribution in [3.8, 4) is 0 Å². The second-order valence-corrected chi connectivity index (χ2v) is 10.4. The van der Waals surface area contributed by atoms with Gasteiger partial charge in [0.1, 0.15) is 6.54 Å². The molecule has 1 heterocycles. The van der Waals surface area contributed by atoms with Crippen LogP contribution in [0.3, 0.4) is 0 Å². The first kappa shape index (κ1) is 24.1. The molecule has 2 aromatic carbocycles. The number of hydrogen-bond acceptors (Lipinski definition) is 6. The van der Waals surface area contributed by atoms with Crippen molar-refractivity contribution >= 4 is 39.3 Å². The Morgan fingerprint density at radius 1 is 1.06 bits per heavy atom. The Kier molecular flexibility index (Phi) is 7.84. The van der Waals surface area contributed by atoms with Crippen LogP contribution < -0.4 is 4.31 Å². The van der Waals surface area contributed by atoms with E-state index in [2.05, 4.69) is 0 Å². The molecule has 1 saturated heterocycles. The lowest BCUT2D eigenvalue weighted by Crippen LogP contribution is -2.46. The van der Waals surface area contributed by atoms with Gasteiger partial charge in [-0.15, -0.1) is 11.8 Å². The van der Waals surface area contributed by atoms with Crippen LogP contribution in [-0.4, -0.2) is 58.2 Å². The summed E-state index contributed by atoms with van der Waals surface area (Å²) in [5.41, 5.74) is 1.42. The maximum Gasteiger partial charge on any atom is 0.308 e. The van der Waals surface area contributed by atoms with Crippen LogP contribution in [0.15, 0.2) is 58.3 Å². The van der Waals surface area contributed by atoms with Crippen molar-refractivity contribution in [2.75, 3.05) is 37.3 Å². The van der Waals surface area contributed by atoms with E-state index in [9.17, 15) is 18.0 Å². The maximum absolute atomic E-state index is 13.5. The molecule has 0 radical (unpaired) electrons. The van der Waals surface area contributed by atoms with Gasteiger partial charge in [0.05, 0.1) is 23.6 Å². The fourth-order valence-electron chi connectivity index (χ4n) is 3.66. The average Bonchev–Trinajstić information content (AvgIpc) is 2.82. The van der Waals surface area contributed by atoms with Gasteiger partial charge in [0.2, 0.25) is 5.91 Å². The van der Waals surface area contributed by atoms with Gasteiger partial charge in [0, 0.05) is 18.0 Å². The standard InChI is InChI=1S/C23H28N2O5S2/c1-17-4-6-19(7-5-17)25(32(28,29)21-10-8-20(31-3)9-11-21)16-22(26)24-14-12-18(13-15-24)23(27)30-2/h4-11,18H,12-16H2,1-3H3. The van der Waals surface area contributed by atoms with E-state index in [0.29, 0.717) is 31.6 Å². The van der Waals surface area contributed by atoms with Crippen molar-refractivity contribution in [1.82, 2.24) is 4.90 Å². The molecule has 0 aromatic heterocycles. The molecule has 0 unspecified atom stereocenters. The molecular formula is C23H28N2O5S2. The normalized spacial score (nSPS) is 14.8. The minimum atomic E-state index is -3.95. The molecular weight excluding hydrogens is 448 g/mol. The third-order valence-corrected chi connectivity index (χ3v) is 8.16. The van der Waals surface area contributed by atoms with Crippen LogP contribution in [0.4, 0.5) is 5.69 Å². The van der Waals surface area contributed by atoms with Gasteiger partial charge in [0.25, 0.3) is 10.0 Å². The third-order valence-electron chi connectivity index (χ3n) is 5.63. The monoisotopic (exact) mass is 476 g/mol. The third kappa shape index (κ3) is 5.45. The SMILES string of the molecule is COC(=O)C1CCN(C(=O)CN(c2ccc(C)cc2)S(=O)(=O)c2ccc(SC)cc2)CC1. The number of amides is 1. The highest BCUT2D eigenvalue weighted by molar-refractivity contribution is 7.98. The van der Waals surface area contributed by atoms with Gasteiger partial charge in [-0.2, -0.15) is 0 Å². The van der Waals surface area contributed by atoms with Crippen molar-refractivity contribution in [3.05, 3.63) is 54.1 Å². The first-order chi connectivity index (χ1) is 15.3. The van der Waals surface area contributed by atoms with E-state index in [1.165, 1.54) is 18.9 Å². The molecule has 0 aliphatic carbocycles. The van der Waals surface area contributed by atoms with Gasteiger partial charge in [-0.25, -0.2) is 8.42 Å². The largest absolute Gasteiger partial charge is 0.469 e. The number of benzene rings is 2. The highest BCUT2D eigenvalue weighted by atomic mass is 32.2. The van der Waals surface area contributed by atoms with E-state index < -0.39 is 10.0 Å². The second-order valence-electron chi connectivity index (χ2n) is 7.70. The predicted octanol–water partition coefficient (Wildman–Crippen LogP) is 3.32. The predicted molar refractivity (Wildman–Crippen MR) is 125 cm³/mol. The molecule has 0 saturated carbocycles. The lowest BCUT2D eigenvalue weighted by Gasteiger charge is -2.33. The van der Waals surface area contributed by atoms with Crippen LogP contribution >= 0.6 is 11.8 Å². The highest BCUT2D eigenvalue weighted by Gasteiger charge is 2.32. The van der Waals surface area contributed by atoms with E-state index in [4.69, 9.17) is 4.74 Å². The Labute approximate surface area is 193 Å². The summed E-state index contributed by atoms with van der Waals surface area (Å²) in [4.78, 5) is 27.5. The van der Waals surface area contributed by atoms with Gasteiger partial charge >= 0.3 is 5.97 Å². The topological polar surface area (TPSA) is 84.0 Å². The van der Waals surface area contributed by atoms with Crippen LogP contribution in [0.2, 0.25) is 0 Å². The van der Waals surface area contributed by atoms with Crippen molar-refractivity contribution < 1.29 is 22.7 Å².